The fourth-order valence-corrected chi connectivity index (χ4v) is 2.03. The van der Waals surface area contributed by atoms with Gasteiger partial charge in [-0.1, -0.05) is 0 Å². The van der Waals surface area contributed by atoms with Gasteiger partial charge in [-0.3, -0.25) is 0 Å². The van der Waals surface area contributed by atoms with E-state index in [4.69, 9.17) is 5.11 Å². The maximum atomic E-state index is 10.8. The lowest BCUT2D eigenvalue weighted by atomic mass is 10.1. The predicted molar refractivity (Wildman–Crippen MR) is 57.4 cm³/mol. The molecule has 0 saturated heterocycles. The molecule has 2 rings (SSSR count). The van der Waals surface area contributed by atoms with Crippen molar-refractivity contribution in [2.75, 3.05) is 0 Å². The number of aromatic nitrogens is 2. The Hall–Kier alpha value is -1.62. The Labute approximate surface area is 90.6 Å². The van der Waals surface area contributed by atoms with Gasteiger partial charge >= 0.3 is 5.97 Å². The van der Waals surface area contributed by atoms with Gasteiger partial charge in [-0.2, -0.15) is 0 Å². The lowest BCUT2D eigenvalue weighted by Gasteiger charge is -1.97. The normalized spacial score (nSPS) is 10.5. The summed E-state index contributed by atoms with van der Waals surface area (Å²) < 4.78 is 0. The van der Waals surface area contributed by atoms with Crippen molar-refractivity contribution in [3.8, 4) is 0 Å². The standard InChI is InChI=1S/C10H10N2O2S/c1-6-12-7(5-15-6)4-9-8(10(13)14)2-3-11-9/h2-3,5,11H,4H2,1H3,(H,13,14). The number of carbonyl (C=O) groups is 1. The molecule has 0 unspecified atom stereocenters. The number of nitrogens with one attached hydrogen (secondary N) is 1. The Bertz CT molecular complexity index is 487. The summed E-state index contributed by atoms with van der Waals surface area (Å²) in [6, 6.07) is 1.57. The van der Waals surface area contributed by atoms with Gasteiger partial charge in [0, 0.05) is 23.7 Å². The number of rotatable bonds is 3. The summed E-state index contributed by atoms with van der Waals surface area (Å²) in [4.78, 5) is 18.1. The van der Waals surface area contributed by atoms with Crippen molar-refractivity contribution in [3.05, 3.63) is 39.6 Å². The van der Waals surface area contributed by atoms with Crippen molar-refractivity contribution in [1.29, 1.82) is 0 Å². The molecule has 0 spiro atoms. The van der Waals surface area contributed by atoms with Crippen molar-refractivity contribution < 1.29 is 9.90 Å². The first-order valence-corrected chi connectivity index (χ1v) is 5.35. The van der Waals surface area contributed by atoms with Crippen molar-refractivity contribution in [2.45, 2.75) is 13.3 Å². The van der Waals surface area contributed by atoms with Crippen LogP contribution in [0.3, 0.4) is 0 Å². The second kappa shape index (κ2) is 3.86. The van der Waals surface area contributed by atoms with Crippen LogP contribution >= 0.6 is 11.3 Å². The van der Waals surface area contributed by atoms with E-state index in [1.807, 2.05) is 12.3 Å². The van der Waals surface area contributed by atoms with Gasteiger partial charge in [0.2, 0.25) is 0 Å². The zero-order valence-electron chi connectivity index (χ0n) is 8.15. The molecule has 0 fully saturated rings. The number of nitrogens with zero attached hydrogens (tertiary/aromatic N) is 1. The molecule has 0 bridgehead atoms. The first-order valence-electron chi connectivity index (χ1n) is 4.47. The van der Waals surface area contributed by atoms with Gasteiger partial charge in [0.1, 0.15) is 0 Å². The van der Waals surface area contributed by atoms with Crippen molar-refractivity contribution in [3.63, 3.8) is 0 Å². The van der Waals surface area contributed by atoms with Gasteiger partial charge in [-0.05, 0) is 13.0 Å². The highest BCUT2D eigenvalue weighted by atomic mass is 32.1. The fourth-order valence-electron chi connectivity index (χ4n) is 1.42. The molecule has 0 saturated carbocycles. The van der Waals surface area contributed by atoms with E-state index in [2.05, 4.69) is 9.97 Å². The predicted octanol–water partition coefficient (Wildman–Crippen LogP) is 2.07. The minimum absolute atomic E-state index is 0.320. The molecule has 4 nitrogen and oxygen atoms in total. The number of aromatic carboxylic acids is 1. The molecular weight excluding hydrogens is 212 g/mol. The first-order chi connectivity index (χ1) is 7.16. The maximum absolute atomic E-state index is 10.8. The van der Waals surface area contributed by atoms with Crippen LogP contribution in [0, 0.1) is 6.92 Å². The number of hydrogen-bond acceptors (Lipinski definition) is 3. The van der Waals surface area contributed by atoms with Gasteiger partial charge in [0.25, 0.3) is 0 Å². The molecule has 0 aliphatic rings. The minimum Gasteiger partial charge on any atom is -0.478 e. The monoisotopic (exact) mass is 222 g/mol. The lowest BCUT2D eigenvalue weighted by Crippen LogP contribution is -2.01. The molecular formula is C10H10N2O2S. The highest BCUT2D eigenvalue weighted by Crippen LogP contribution is 2.15. The molecule has 5 heteroatoms. The third-order valence-electron chi connectivity index (χ3n) is 2.09. The van der Waals surface area contributed by atoms with Gasteiger partial charge in [-0.15, -0.1) is 11.3 Å². The number of aryl methyl sites for hydroxylation is 1. The Morgan fingerprint density at radius 3 is 3.07 bits per heavy atom. The molecule has 2 aromatic rings. The van der Waals surface area contributed by atoms with Crippen LogP contribution in [-0.2, 0) is 6.42 Å². The molecule has 2 aromatic heterocycles. The van der Waals surface area contributed by atoms with Crippen LogP contribution in [0.15, 0.2) is 17.6 Å². The van der Waals surface area contributed by atoms with Crippen LogP contribution in [0.25, 0.3) is 0 Å². The van der Waals surface area contributed by atoms with E-state index in [1.165, 1.54) is 0 Å². The van der Waals surface area contributed by atoms with Crippen LogP contribution in [0.4, 0.5) is 0 Å². The van der Waals surface area contributed by atoms with Crippen molar-refractivity contribution in [2.24, 2.45) is 0 Å². The molecule has 2 N–H and O–H groups in total. The summed E-state index contributed by atoms with van der Waals surface area (Å²) in [5.41, 5.74) is 1.93. The molecule has 0 aliphatic carbocycles. The van der Waals surface area contributed by atoms with Gasteiger partial charge in [0.05, 0.1) is 16.3 Å². The highest BCUT2D eigenvalue weighted by molar-refractivity contribution is 7.09. The van der Waals surface area contributed by atoms with E-state index >= 15 is 0 Å². The van der Waals surface area contributed by atoms with Crippen LogP contribution in [0.5, 0.6) is 0 Å². The van der Waals surface area contributed by atoms with Crippen LogP contribution in [-0.4, -0.2) is 21.0 Å². The lowest BCUT2D eigenvalue weighted by molar-refractivity contribution is 0.0696. The molecule has 0 atom stereocenters. The number of thiazole rings is 1. The average molecular weight is 222 g/mol. The van der Waals surface area contributed by atoms with E-state index in [0.717, 1.165) is 10.7 Å². The second-order valence-electron chi connectivity index (χ2n) is 3.21. The molecule has 0 aromatic carbocycles. The largest absolute Gasteiger partial charge is 0.478 e. The second-order valence-corrected chi connectivity index (χ2v) is 4.27. The van der Waals surface area contributed by atoms with Gasteiger partial charge in [-0.25, -0.2) is 9.78 Å². The summed E-state index contributed by atoms with van der Waals surface area (Å²) in [6.07, 6.45) is 2.18. The van der Waals surface area contributed by atoms with E-state index in [1.54, 1.807) is 23.6 Å². The quantitative estimate of drug-likeness (QED) is 0.835. The van der Waals surface area contributed by atoms with Crippen molar-refractivity contribution >= 4 is 17.3 Å². The summed E-state index contributed by atoms with van der Waals surface area (Å²) in [5.74, 6) is -0.904. The maximum Gasteiger partial charge on any atom is 0.337 e. The van der Waals surface area contributed by atoms with E-state index in [0.29, 0.717) is 17.7 Å². The number of hydrogen-bond donors (Lipinski definition) is 2. The van der Waals surface area contributed by atoms with E-state index in [9.17, 15) is 4.79 Å². The highest BCUT2D eigenvalue weighted by Gasteiger charge is 2.12. The smallest absolute Gasteiger partial charge is 0.337 e. The molecule has 0 amide bonds. The summed E-state index contributed by atoms with van der Waals surface area (Å²) in [7, 11) is 0. The first kappa shape index (κ1) is 9.92. The Balaban J connectivity index is 2.24. The van der Waals surface area contributed by atoms with Gasteiger partial charge < -0.3 is 10.1 Å². The SMILES string of the molecule is Cc1nc(Cc2[nH]ccc2C(=O)O)cs1. The molecule has 2 heterocycles. The molecule has 0 aliphatic heterocycles. The zero-order chi connectivity index (χ0) is 10.8. The number of carboxylic acids is 1. The van der Waals surface area contributed by atoms with Crippen LogP contribution in [0.1, 0.15) is 26.8 Å². The Morgan fingerprint density at radius 2 is 2.47 bits per heavy atom. The Morgan fingerprint density at radius 1 is 1.67 bits per heavy atom. The fraction of sp³-hybridized carbons (Fsp3) is 0.200. The van der Waals surface area contributed by atoms with Crippen LogP contribution in [0.2, 0.25) is 0 Å². The number of H-pyrrole nitrogens is 1. The third kappa shape index (κ3) is 2.07. The summed E-state index contributed by atoms with van der Waals surface area (Å²) in [5, 5.41) is 11.8. The number of aromatic amines is 1. The van der Waals surface area contributed by atoms with Crippen LogP contribution < -0.4 is 0 Å². The number of carboxylic acid groups (broad SMARTS) is 1. The molecule has 15 heavy (non-hydrogen) atoms. The molecule has 0 radical (unpaired) electrons. The van der Waals surface area contributed by atoms with E-state index in [-0.39, 0.29) is 0 Å². The summed E-state index contributed by atoms with van der Waals surface area (Å²) >= 11 is 1.57. The zero-order valence-corrected chi connectivity index (χ0v) is 8.97. The molecule has 78 valence electrons. The van der Waals surface area contributed by atoms with E-state index < -0.39 is 5.97 Å². The Kier molecular flexibility index (Phi) is 2.55. The minimum atomic E-state index is -0.904. The average Bonchev–Trinajstić information content (AvgIpc) is 2.75. The van der Waals surface area contributed by atoms with Gasteiger partial charge in [0.15, 0.2) is 0 Å². The third-order valence-corrected chi connectivity index (χ3v) is 2.91. The topological polar surface area (TPSA) is 66.0 Å². The summed E-state index contributed by atoms with van der Waals surface area (Å²) in [6.45, 7) is 1.93. The van der Waals surface area contributed by atoms with Crippen molar-refractivity contribution in [1.82, 2.24) is 9.97 Å².